The summed E-state index contributed by atoms with van der Waals surface area (Å²) in [4.78, 5) is 25.7. The van der Waals surface area contributed by atoms with Gasteiger partial charge in [0.2, 0.25) is 5.91 Å². The van der Waals surface area contributed by atoms with Crippen LogP contribution in [0.5, 0.6) is 11.5 Å². The monoisotopic (exact) mass is 578 g/mol. The molecule has 1 saturated heterocycles. The number of amides is 1. The normalized spacial score (nSPS) is 13.6. The lowest BCUT2D eigenvalue weighted by molar-refractivity contribution is -0.129. The standard InChI is InChI=1S/C31H39FN6O4/c1-21-17-22-24(35-21)10-11-25(30(22)32)36-31-23-18-27(41-15-7-3-2-4-9-29(39)37-40)28(19-26(23)33-20-34-31)42-16-8-14-38-12-5-6-13-38/h10-11,17-20,35,40H,2-9,12-16H2,1H3,(H,37,39)(H,33,34,36). The van der Waals surface area contributed by atoms with Gasteiger partial charge in [0.05, 0.1) is 24.4 Å². The number of H-pyrrole nitrogens is 1. The molecule has 42 heavy (non-hydrogen) atoms. The number of hydrogen-bond donors (Lipinski definition) is 4. The summed E-state index contributed by atoms with van der Waals surface area (Å²) in [6, 6.07) is 9.04. The summed E-state index contributed by atoms with van der Waals surface area (Å²) in [7, 11) is 0. The zero-order chi connectivity index (χ0) is 29.3. The zero-order valence-electron chi connectivity index (χ0n) is 24.0. The third kappa shape index (κ3) is 7.46. The number of hydrogen-bond acceptors (Lipinski definition) is 8. The minimum absolute atomic E-state index is 0.296. The molecule has 0 bridgehead atoms. The van der Waals surface area contributed by atoms with Crippen molar-refractivity contribution in [2.75, 3.05) is 38.2 Å². The van der Waals surface area contributed by atoms with Crippen molar-refractivity contribution in [3.05, 3.63) is 48.2 Å². The molecule has 10 nitrogen and oxygen atoms in total. The highest BCUT2D eigenvalue weighted by Gasteiger charge is 2.16. The molecule has 3 heterocycles. The van der Waals surface area contributed by atoms with E-state index in [1.807, 2.05) is 25.1 Å². The lowest BCUT2D eigenvalue weighted by atomic mass is 10.1. The fraction of sp³-hybridized carbons (Fsp3) is 0.452. The fourth-order valence-corrected chi connectivity index (χ4v) is 5.38. The number of unbranched alkanes of at least 4 members (excludes halogenated alkanes) is 3. The van der Waals surface area contributed by atoms with E-state index in [2.05, 4.69) is 25.2 Å². The van der Waals surface area contributed by atoms with E-state index in [9.17, 15) is 4.79 Å². The highest BCUT2D eigenvalue weighted by atomic mass is 19.1. The number of halogens is 1. The number of anilines is 2. The van der Waals surface area contributed by atoms with Gasteiger partial charge in [-0.3, -0.25) is 10.0 Å². The van der Waals surface area contributed by atoms with E-state index in [1.165, 1.54) is 19.2 Å². The molecule has 0 unspecified atom stereocenters. The van der Waals surface area contributed by atoms with Gasteiger partial charge in [-0.2, -0.15) is 0 Å². The maximum absolute atomic E-state index is 15.3. The number of aromatic amines is 1. The summed E-state index contributed by atoms with van der Waals surface area (Å²) in [6.07, 6.45) is 8.42. The smallest absolute Gasteiger partial charge is 0.243 e. The maximum Gasteiger partial charge on any atom is 0.243 e. The minimum atomic E-state index is -0.372. The first-order valence-corrected chi connectivity index (χ1v) is 14.8. The van der Waals surface area contributed by atoms with Crippen LogP contribution in [0.15, 0.2) is 36.7 Å². The van der Waals surface area contributed by atoms with Crippen molar-refractivity contribution in [2.24, 2.45) is 0 Å². The van der Waals surface area contributed by atoms with Gasteiger partial charge in [0.1, 0.15) is 12.1 Å². The van der Waals surface area contributed by atoms with Gasteiger partial charge in [-0.15, -0.1) is 0 Å². The zero-order valence-corrected chi connectivity index (χ0v) is 24.0. The van der Waals surface area contributed by atoms with Crippen molar-refractivity contribution in [2.45, 2.75) is 58.3 Å². The van der Waals surface area contributed by atoms with Crippen LogP contribution in [-0.2, 0) is 4.79 Å². The largest absolute Gasteiger partial charge is 0.490 e. The van der Waals surface area contributed by atoms with Crippen LogP contribution in [0.1, 0.15) is 57.1 Å². The van der Waals surface area contributed by atoms with E-state index in [1.54, 1.807) is 17.6 Å². The fourth-order valence-electron chi connectivity index (χ4n) is 5.38. The number of carbonyl (C=O) groups excluding carboxylic acids is 1. The molecule has 0 atom stereocenters. The molecule has 0 saturated carbocycles. The van der Waals surface area contributed by atoms with E-state index in [0.29, 0.717) is 65.3 Å². The first-order valence-electron chi connectivity index (χ1n) is 14.8. The average molecular weight is 579 g/mol. The Morgan fingerprint density at radius 2 is 1.76 bits per heavy atom. The molecule has 4 aromatic rings. The lowest BCUT2D eigenvalue weighted by Gasteiger charge is -2.17. The summed E-state index contributed by atoms with van der Waals surface area (Å²) >= 11 is 0. The van der Waals surface area contributed by atoms with Gasteiger partial charge in [-0.1, -0.05) is 12.8 Å². The summed E-state index contributed by atoms with van der Waals surface area (Å²) in [5.74, 6) is 0.943. The van der Waals surface area contributed by atoms with E-state index in [0.717, 1.165) is 56.5 Å². The highest BCUT2D eigenvalue weighted by molar-refractivity contribution is 5.94. The van der Waals surface area contributed by atoms with Crippen molar-refractivity contribution in [3.63, 3.8) is 0 Å². The van der Waals surface area contributed by atoms with Gasteiger partial charge in [-0.25, -0.2) is 19.8 Å². The Balaban J connectivity index is 1.31. The third-order valence-electron chi connectivity index (χ3n) is 7.58. The molecule has 1 aliphatic heterocycles. The van der Waals surface area contributed by atoms with Crippen LogP contribution in [-0.4, -0.2) is 63.8 Å². The Bertz CT molecular complexity index is 1500. The molecule has 0 aliphatic carbocycles. The van der Waals surface area contributed by atoms with Gasteiger partial charge in [0, 0.05) is 41.0 Å². The minimum Gasteiger partial charge on any atom is -0.490 e. The van der Waals surface area contributed by atoms with E-state index < -0.39 is 0 Å². The van der Waals surface area contributed by atoms with Crippen LogP contribution in [0.2, 0.25) is 0 Å². The molecular weight excluding hydrogens is 539 g/mol. The van der Waals surface area contributed by atoms with Gasteiger partial charge < -0.3 is 24.7 Å². The number of carbonyl (C=O) groups is 1. The molecule has 1 amide bonds. The molecule has 2 aromatic heterocycles. The van der Waals surface area contributed by atoms with Crippen molar-refractivity contribution >= 4 is 39.2 Å². The summed E-state index contributed by atoms with van der Waals surface area (Å²) in [5.41, 5.74) is 4.27. The van der Waals surface area contributed by atoms with Crippen LogP contribution in [0.3, 0.4) is 0 Å². The predicted molar refractivity (Wildman–Crippen MR) is 160 cm³/mol. The molecular formula is C31H39FN6O4. The SMILES string of the molecule is Cc1cc2c(F)c(Nc3ncnc4cc(OCCCN5CCCC5)c(OCCCCCCC(=O)NO)cc34)ccc2[nH]1. The Kier molecular flexibility index (Phi) is 10.0. The van der Waals surface area contributed by atoms with Crippen LogP contribution in [0.25, 0.3) is 21.8 Å². The second kappa shape index (κ2) is 14.3. The molecule has 0 radical (unpaired) electrons. The van der Waals surface area contributed by atoms with Crippen LogP contribution < -0.4 is 20.3 Å². The molecule has 1 aliphatic rings. The first-order chi connectivity index (χ1) is 20.5. The topological polar surface area (TPSA) is 125 Å². The number of aromatic nitrogens is 3. The molecule has 0 spiro atoms. The van der Waals surface area contributed by atoms with Crippen LogP contribution >= 0.6 is 0 Å². The third-order valence-corrected chi connectivity index (χ3v) is 7.58. The molecule has 224 valence electrons. The van der Waals surface area contributed by atoms with Gasteiger partial charge >= 0.3 is 0 Å². The van der Waals surface area contributed by atoms with Gasteiger partial charge in [0.25, 0.3) is 0 Å². The number of aryl methyl sites for hydroxylation is 1. The number of rotatable bonds is 15. The van der Waals surface area contributed by atoms with Crippen molar-refractivity contribution in [1.82, 2.24) is 25.3 Å². The Hall–Kier alpha value is -3.96. The molecule has 4 N–H and O–H groups in total. The Morgan fingerprint density at radius 3 is 2.57 bits per heavy atom. The summed E-state index contributed by atoms with van der Waals surface area (Å²) in [5, 5.41) is 13.0. The molecule has 2 aromatic carbocycles. The van der Waals surface area contributed by atoms with E-state index >= 15 is 4.39 Å². The quantitative estimate of drug-likeness (QED) is 0.0769. The van der Waals surface area contributed by atoms with Crippen molar-refractivity contribution in [1.29, 1.82) is 0 Å². The summed E-state index contributed by atoms with van der Waals surface area (Å²) in [6.45, 7) is 6.23. The highest BCUT2D eigenvalue weighted by Crippen LogP contribution is 2.36. The van der Waals surface area contributed by atoms with Crippen molar-refractivity contribution in [3.8, 4) is 11.5 Å². The van der Waals surface area contributed by atoms with Gasteiger partial charge in [0.15, 0.2) is 17.3 Å². The Labute approximate surface area is 244 Å². The second-order valence-electron chi connectivity index (χ2n) is 10.8. The number of benzene rings is 2. The average Bonchev–Trinajstić information content (AvgIpc) is 3.66. The predicted octanol–water partition coefficient (Wildman–Crippen LogP) is 6.00. The molecule has 11 heteroatoms. The van der Waals surface area contributed by atoms with Crippen LogP contribution in [0, 0.1) is 12.7 Å². The van der Waals surface area contributed by atoms with E-state index in [-0.39, 0.29) is 11.7 Å². The maximum atomic E-state index is 15.3. The van der Waals surface area contributed by atoms with E-state index in [4.69, 9.17) is 14.7 Å². The molecule has 1 fully saturated rings. The molecule has 5 rings (SSSR count). The van der Waals surface area contributed by atoms with Crippen LogP contribution in [0.4, 0.5) is 15.9 Å². The number of nitrogens with one attached hydrogen (secondary N) is 3. The first kappa shape index (κ1) is 29.5. The Morgan fingerprint density at radius 1 is 1.00 bits per heavy atom. The lowest BCUT2D eigenvalue weighted by Crippen LogP contribution is -2.22. The van der Waals surface area contributed by atoms with Crippen molar-refractivity contribution < 1.29 is 23.9 Å². The number of hydroxylamine groups is 1. The second-order valence-corrected chi connectivity index (χ2v) is 10.8. The number of fused-ring (bicyclic) bond motifs is 2. The number of nitrogens with zero attached hydrogens (tertiary/aromatic N) is 3. The summed E-state index contributed by atoms with van der Waals surface area (Å²) < 4.78 is 27.7. The number of ether oxygens (including phenoxy) is 2. The van der Waals surface area contributed by atoms with Gasteiger partial charge in [-0.05, 0) is 76.4 Å². The number of likely N-dealkylation sites (tertiary alicyclic amines) is 1.